The first-order valence-corrected chi connectivity index (χ1v) is 6.16. The summed E-state index contributed by atoms with van der Waals surface area (Å²) in [5, 5.41) is 9.96. The monoisotopic (exact) mass is 249 g/mol. The minimum absolute atomic E-state index is 0.436. The summed E-state index contributed by atoms with van der Waals surface area (Å²) < 4.78 is 5.29. The Morgan fingerprint density at radius 1 is 1.24 bits per heavy atom. The lowest BCUT2D eigenvalue weighted by Gasteiger charge is -2.10. The summed E-state index contributed by atoms with van der Waals surface area (Å²) in [6.07, 6.45) is 0. The lowest BCUT2D eigenvalue weighted by molar-refractivity contribution is 0.411. The summed E-state index contributed by atoms with van der Waals surface area (Å²) in [6.45, 7) is 4.55. The highest BCUT2D eigenvalue weighted by molar-refractivity contribution is 7.14. The first-order chi connectivity index (χ1) is 8.17. The van der Waals surface area contributed by atoms with Gasteiger partial charge in [-0.1, -0.05) is 11.3 Å². The van der Waals surface area contributed by atoms with Crippen molar-refractivity contribution in [2.24, 2.45) is 5.73 Å². The lowest BCUT2D eigenvalue weighted by Crippen LogP contribution is -1.94. The number of methoxy groups -OCH3 is 1. The van der Waals surface area contributed by atoms with E-state index >= 15 is 0 Å². The van der Waals surface area contributed by atoms with Gasteiger partial charge >= 0.3 is 0 Å². The van der Waals surface area contributed by atoms with Crippen molar-refractivity contribution in [1.82, 2.24) is 10.2 Å². The van der Waals surface area contributed by atoms with Crippen molar-refractivity contribution in [2.45, 2.75) is 20.4 Å². The SMILES string of the molecule is COc1ccc(-c2nnc(CN)s2)c(C)c1C. The number of hydrogen-bond acceptors (Lipinski definition) is 5. The average Bonchev–Trinajstić information content (AvgIpc) is 2.81. The Labute approximate surface area is 104 Å². The van der Waals surface area contributed by atoms with Gasteiger partial charge in [0.1, 0.15) is 15.8 Å². The molecule has 0 saturated heterocycles. The van der Waals surface area contributed by atoms with Crippen LogP contribution in [0.1, 0.15) is 16.1 Å². The highest BCUT2D eigenvalue weighted by Gasteiger charge is 2.12. The van der Waals surface area contributed by atoms with Crippen LogP contribution < -0.4 is 10.5 Å². The number of nitrogens with zero attached hydrogens (tertiary/aromatic N) is 2. The maximum atomic E-state index is 5.54. The van der Waals surface area contributed by atoms with Crippen molar-refractivity contribution in [2.75, 3.05) is 7.11 Å². The van der Waals surface area contributed by atoms with E-state index in [2.05, 4.69) is 17.1 Å². The maximum Gasteiger partial charge on any atom is 0.148 e. The largest absolute Gasteiger partial charge is 0.496 e. The summed E-state index contributed by atoms with van der Waals surface area (Å²) in [4.78, 5) is 0. The van der Waals surface area contributed by atoms with Gasteiger partial charge in [0.05, 0.1) is 7.11 Å². The van der Waals surface area contributed by atoms with E-state index < -0.39 is 0 Å². The van der Waals surface area contributed by atoms with E-state index in [9.17, 15) is 0 Å². The van der Waals surface area contributed by atoms with Crippen molar-refractivity contribution < 1.29 is 4.74 Å². The van der Waals surface area contributed by atoms with Gasteiger partial charge in [0.15, 0.2) is 0 Å². The highest BCUT2D eigenvalue weighted by atomic mass is 32.1. The topological polar surface area (TPSA) is 61.0 Å². The molecule has 0 fully saturated rings. The summed E-state index contributed by atoms with van der Waals surface area (Å²) in [5.41, 5.74) is 8.94. The van der Waals surface area contributed by atoms with Gasteiger partial charge in [-0.25, -0.2) is 0 Å². The fourth-order valence-corrected chi connectivity index (χ4v) is 2.49. The maximum absolute atomic E-state index is 5.54. The third-order valence-electron chi connectivity index (χ3n) is 2.83. The van der Waals surface area contributed by atoms with Crippen LogP contribution in [0.2, 0.25) is 0 Å². The first-order valence-electron chi connectivity index (χ1n) is 5.34. The molecule has 0 aliphatic heterocycles. The zero-order valence-electron chi connectivity index (χ0n) is 10.2. The number of aromatic nitrogens is 2. The number of benzene rings is 1. The molecule has 5 heteroatoms. The van der Waals surface area contributed by atoms with Crippen molar-refractivity contribution >= 4 is 11.3 Å². The van der Waals surface area contributed by atoms with Crippen LogP contribution >= 0.6 is 11.3 Å². The van der Waals surface area contributed by atoms with Crippen molar-refractivity contribution in [3.05, 3.63) is 28.3 Å². The summed E-state index contributed by atoms with van der Waals surface area (Å²) in [5.74, 6) is 0.898. The molecule has 1 heterocycles. The number of hydrogen-bond donors (Lipinski definition) is 1. The molecule has 0 radical (unpaired) electrons. The smallest absolute Gasteiger partial charge is 0.148 e. The number of ether oxygens (including phenoxy) is 1. The normalized spacial score (nSPS) is 10.6. The van der Waals surface area contributed by atoms with Gasteiger partial charge in [-0.15, -0.1) is 10.2 Å². The summed E-state index contributed by atoms with van der Waals surface area (Å²) in [6, 6.07) is 3.98. The molecular formula is C12H15N3OS. The molecule has 1 aromatic heterocycles. The molecular weight excluding hydrogens is 234 g/mol. The molecule has 0 aliphatic rings. The minimum Gasteiger partial charge on any atom is -0.496 e. The fraction of sp³-hybridized carbons (Fsp3) is 0.333. The van der Waals surface area contributed by atoms with Crippen molar-refractivity contribution in [3.8, 4) is 16.3 Å². The van der Waals surface area contributed by atoms with Crippen molar-refractivity contribution in [3.63, 3.8) is 0 Å². The fourth-order valence-electron chi connectivity index (χ4n) is 1.69. The van der Waals surface area contributed by atoms with Crippen LogP contribution in [0.4, 0.5) is 0 Å². The second-order valence-electron chi connectivity index (χ2n) is 3.77. The van der Waals surface area contributed by atoms with Gasteiger partial charge in [-0.05, 0) is 37.1 Å². The second kappa shape index (κ2) is 4.81. The van der Waals surface area contributed by atoms with Crippen LogP contribution in [0.25, 0.3) is 10.6 Å². The van der Waals surface area contributed by atoms with Gasteiger partial charge < -0.3 is 10.5 Å². The molecule has 0 atom stereocenters. The van der Waals surface area contributed by atoms with Crippen LogP contribution in [0.3, 0.4) is 0 Å². The van der Waals surface area contributed by atoms with Gasteiger partial charge in [0, 0.05) is 12.1 Å². The van der Waals surface area contributed by atoms with E-state index in [1.54, 1.807) is 7.11 Å². The molecule has 2 aromatic rings. The molecule has 0 aliphatic carbocycles. The Kier molecular flexibility index (Phi) is 3.40. The third-order valence-corrected chi connectivity index (χ3v) is 3.81. The number of rotatable bonds is 3. The molecule has 2 N–H and O–H groups in total. The average molecular weight is 249 g/mol. The molecule has 0 spiro atoms. The van der Waals surface area contributed by atoms with E-state index in [-0.39, 0.29) is 0 Å². The van der Waals surface area contributed by atoms with E-state index in [4.69, 9.17) is 10.5 Å². The van der Waals surface area contributed by atoms with E-state index in [1.165, 1.54) is 16.9 Å². The predicted molar refractivity (Wildman–Crippen MR) is 69.3 cm³/mol. The molecule has 90 valence electrons. The quantitative estimate of drug-likeness (QED) is 0.906. The van der Waals surface area contributed by atoms with Crippen LogP contribution in [-0.4, -0.2) is 17.3 Å². The molecule has 2 rings (SSSR count). The van der Waals surface area contributed by atoms with Gasteiger partial charge in [-0.2, -0.15) is 0 Å². The molecule has 0 saturated carbocycles. The Bertz CT molecular complexity index is 537. The predicted octanol–water partition coefficient (Wildman–Crippen LogP) is 2.29. The molecule has 0 unspecified atom stereocenters. The molecule has 0 bridgehead atoms. The van der Waals surface area contributed by atoms with Crippen LogP contribution in [0, 0.1) is 13.8 Å². The molecule has 0 amide bonds. The molecule has 4 nitrogen and oxygen atoms in total. The molecule has 1 aromatic carbocycles. The van der Waals surface area contributed by atoms with E-state index in [0.29, 0.717) is 6.54 Å². The van der Waals surface area contributed by atoms with E-state index in [0.717, 1.165) is 26.9 Å². The first kappa shape index (κ1) is 12.0. The van der Waals surface area contributed by atoms with Gasteiger partial charge in [-0.3, -0.25) is 0 Å². The zero-order valence-corrected chi connectivity index (χ0v) is 11.0. The van der Waals surface area contributed by atoms with Gasteiger partial charge in [0.25, 0.3) is 0 Å². The second-order valence-corrected chi connectivity index (χ2v) is 4.83. The van der Waals surface area contributed by atoms with Crippen LogP contribution in [0.5, 0.6) is 5.75 Å². The standard InChI is InChI=1S/C12H15N3OS/c1-7-8(2)10(16-3)5-4-9(7)12-15-14-11(6-13)17-12/h4-5H,6,13H2,1-3H3. The number of nitrogens with two attached hydrogens (primary N) is 1. The van der Waals surface area contributed by atoms with Crippen molar-refractivity contribution in [1.29, 1.82) is 0 Å². The molecule has 17 heavy (non-hydrogen) atoms. The highest BCUT2D eigenvalue weighted by Crippen LogP contribution is 2.32. The van der Waals surface area contributed by atoms with E-state index in [1.807, 2.05) is 19.1 Å². The Hall–Kier alpha value is -1.46. The minimum atomic E-state index is 0.436. The Balaban J connectivity index is 2.49. The van der Waals surface area contributed by atoms with Crippen LogP contribution in [-0.2, 0) is 6.54 Å². The summed E-state index contributed by atoms with van der Waals surface area (Å²) in [7, 11) is 1.68. The lowest BCUT2D eigenvalue weighted by atomic mass is 10.0. The Morgan fingerprint density at radius 3 is 2.59 bits per heavy atom. The zero-order chi connectivity index (χ0) is 12.4. The van der Waals surface area contributed by atoms with Crippen LogP contribution in [0.15, 0.2) is 12.1 Å². The third kappa shape index (κ3) is 2.16. The van der Waals surface area contributed by atoms with Gasteiger partial charge in [0.2, 0.25) is 0 Å². The summed E-state index contributed by atoms with van der Waals surface area (Å²) >= 11 is 1.53. The Morgan fingerprint density at radius 2 is 2.00 bits per heavy atom.